The second kappa shape index (κ2) is 12.8. The minimum Gasteiger partial charge on any atom is -0.481 e. The monoisotopic (exact) mass is 492 g/mol. The summed E-state index contributed by atoms with van der Waals surface area (Å²) in [6, 6.07) is 7.24. The zero-order valence-corrected chi connectivity index (χ0v) is 20.6. The summed E-state index contributed by atoms with van der Waals surface area (Å²) in [5, 5.41) is 4.17. The molecule has 192 valence electrons. The first-order valence-corrected chi connectivity index (χ1v) is 11.9. The van der Waals surface area contributed by atoms with E-state index in [4.69, 9.17) is 9.47 Å². The molecule has 6 nitrogen and oxygen atoms in total. The van der Waals surface area contributed by atoms with Gasteiger partial charge >= 0.3 is 0 Å². The lowest BCUT2D eigenvalue weighted by Gasteiger charge is -2.41. The van der Waals surface area contributed by atoms with Crippen LogP contribution in [0.3, 0.4) is 0 Å². The Morgan fingerprint density at radius 1 is 1.34 bits per heavy atom. The minimum atomic E-state index is -2.50. The number of nitrogens with zero attached hydrogens (tertiary/aromatic N) is 2. The topological polar surface area (TPSA) is 61.9 Å². The number of aromatic amines is 1. The SMILES string of the molecule is C=C(C(=N/C(=C\C)OCCNCCCF)OC)[C@@H]1c2[nH]c3ccccc3c2C[C@@H](C)N1CC(F)F. The van der Waals surface area contributed by atoms with E-state index in [0.29, 0.717) is 44.0 Å². The fourth-order valence-corrected chi connectivity index (χ4v) is 4.52. The first-order valence-electron chi connectivity index (χ1n) is 11.9. The molecule has 0 saturated heterocycles. The molecular weight excluding hydrogens is 457 g/mol. The summed E-state index contributed by atoms with van der Waals surface area (Å²) in [7, 11) is 1.48. The Bertz CT molecular complexity index is 1050. The van der Waals surface area contributed by atoms with Gasteiger partial charge in [-0.25, -0.2) is 8.78 Å². The average Bonchev–Trinajstić information content (AvgIpc) is 3.21. The fourth-order valence-electron chi connectivity index (χ4n) is 4.52. The molecule has 2 aromatic rings. The molecule has 0 unspecified atom stereocenters. The maximum absolute atomic E-state index is 13.6. The van der Waals surface area contributed by atoms with Crippen molar-refractivity contribution in [3.05, 3.63) is 59.6 Å². The molecule has 9 heteroatoms. The number of ether oxygens (including phenoxy) is 2. The molecular formula is C26H35F3N4O2. The molecule has 0 spiro atoms. The van der Waals surface area contributed by atoms with Gasteiger partial charge in [0.25, 0.3) is 6.43 Å². The van der Waals surface area contributed by atoms with E-state index in [1.54, 1.807) is 17.9 Å². The molecule has 1 aliphatic rings. The number of para-hydroxylation sites is 1. The molecule has 0 fully saturated rings. The first-order chi connectivity index (χ1) is 16.9. The number of alkyl halides is 3. The van der Waals surface area contributed by atoms with Crippen LogP contribution >= 0.6 is 0 Å². The Hall–Kier alpha value is -2.78. The lowest BCUT2D eigenvalue weighted by atomic mass is 9.89. The van der Waals surface area contributed by atoms with Gasteiger partial charge in [0.15, 0.2) is 0 Å². The molecule has 1 aliphatic heterocycles. The molecule has 35 heavy (non-hydrogen) atoms. The van der Waals surface area contributed by atoms with Crippen molar-refractivity contribution in [2.75, 3.05) is 40.0 Å². The van der Waals surface area contributed by atoms with Crippen LogP contribution in [-0.2, 0) is 15.9 Å². The lowest BCUT2D eigenvalue weighted by molar-refractivity contribution is 0.0454. The van der Waals surface area contributed by atoms with Gasteiger partial charge in [0.1, 0.15) is 6.61 Å². The number of H-pyrrole nitrogens is 1. The number of aromatic nitrogens is 1. The highest BCUT2D eigenvalue weighted by Crippen LogP contribution is 2.41. The van der Waals surface area contributed by atoms with Crippen molar-refractivity contribution in [2.45, 2.75) is 45.2 Å². The van der Waals surface area contributed by atoms with Crippen LogP contribution in [0.1, 0.15) is 37.6 Å². The Morgan fingerprint density at radius 2 is 2.11 bits per heavy atom. The van der Waals surface area contributed by atoms with E-state index in [9.17, 15) is 13.2 Å². The summed E-state index contributed by atoms with van der Waals surface area (Å²) in [6.07, 6.45) is 0.296. The molecule has 2 heterocycles. The molecule has 0 amide bonds. The van der Waals surface area contributed by atoms with Gasteiger partial charge in [0.2, 0.25) is 11.8 Å². The predicted octanol–water partition coefficient (Wildman–Crippen LogP) is 5.15. The van der Waals surface area contributed by atoms with Crippen molar-refractivity contribution in [1.82, 2.24) is 15.2 Å². The number of aliphatic imine (C=N–C) groups is 1. The highest BCUT2D eigenvalue weighted by atomic mass is 19.3. The van der Waals surface area contributed by atoms with Gasteiger partial charge in [-0.2, -0.15) is 4.99 Å². The highest BCUT2D eigenvalue weighted by Gasteiger charge is 2.39. The number of benzene rings is 1. The van der Waals surface area contributed by atoms with Crippen molar-refractivity contribution in [3.63, 3.8) is 0 Å². The van der Waals surface area contributed by atoms with E-state index >= 15 is 0 Å². The normalized spacial score (nSPS) is 19.3. The van der Waals surface area contributed by atoms with Gasteiger partial charge in [-0.15, -0.1) is 0 Å². The summed E-state index contributed by atoms with van der Waals surface area (Å²) in [4.78, 5) is 9.70. The van der Waals surface area contributed by atoms with Crippen LogP contribution in [0.25, 0.3) is 10.9 Å². The van der Waals surface area contributed by atoms with Crippen molar-refractivity contribution >= 4 is 16.8 Å². The van der Waals surface area contributed by atoms with E-state index in [1.165, 1.54) is 7.11 Å². The van der Waals surface area contributed by atoms with Crippen LogP contribution in [-0.4, -0.2) is 68.3 Å². The van der Waals surface area contributed by atoms with Gasteiger partial charge < -0.3 is 19.8 Å². The fraction of sp³-hybridized carbons (Fsp3) is 0.500. The molecule has 0 saturated carbocycles. The third-order valence-corrected chi connectivity index (χ3v) is 6.14. The van der Waals surface area contributed by atoms with Crippen LogP contribution in [0.4, 0.5) is 13.2 Å². The zero-order valence-electron chi connectivity index (χ0n) is 20.6. The van der Waals surface area contributed by atoms with Crippen molar-refractivity contribution in [3.8, 4) is 0 Å². The second-order valence-electron chi connectivity index (χ2n) is 8.52. The van der Waals surface area contributed by atoms with Crippen molar-refractivity contribution in [1.29, 1.82) is 0 Å². The second-order valence-corrected chi connectivity index (χ2v) is 8.52. The van der Waals surface area contributed by atoms with Gasteiger partial charge in [0.05, 0.1) is 26.4 Å². The third kappa shape index (κ3) is 6.46. The molecule has 0 bridgehead atoms. The smallest absolute Gasteiger partial charge is 0.251 e. The standard InChI is InChI=1S/C26H35F3N4O2/c1-5-23(35-14-13-30-12-8-11-27)32-26(34-4)18(3)25-24-20(15-17(2)33(25)16-22(28)29)19-9-6-7-10-21(19)31-24/h5-7,9-10,17,22,25,30-31H,3,8,11-16H2,1-2,4H3/b23-5+,32-26?/t17-,25-/m1/s1. The van der Waals surface area contributed by atoms with Gasteiger partial charge in [-0.1, -0.05) is 24.8 Å². The summed E-state index contributed by atoms with van der Waals surface area (Å²) >= 11 is 0. The van der Waals surface area contributed by atoms with Crippen LogP contribution in [0, 0.1) is 0 Å². The summed E-state index contributed by atoms with van der Waals surface area (Å²) < 4.78 is 50.7. The number of hydrogen-bond donors (Lipinski definition) is 2. The molecule has 1 aromatic heterocycles. The van der Waals surface area contributed by atoms with E-state index in [1.807, 2.05) is 31.2 Å². The maximum atomic E-state index is 13.6. The van der Waals surface area contributed by atoms with Crippen LogP contribution in [0.15, 0.2) is 53.4 Å². The Labute approximate surface area is 204 Å². The van der Waals surface area contributed by atoms with E-state index < -0.39 is 19.0 Å². The first kappa shape index (κ1) is 26.8. The molecule has 3 rings (SSSR count). The largest absolute Gasteiger partial charge is 0.481 e. The molecule has 0 aliphatic carbocycles. The van der Waals surface area contributed by atoms with Crippen LogP contribution in [0.2, 0.25) is 0 Å². The molecule has 0 radical (unpaired) electrons. The van der Waals surface area contributed by atoms with Gasteiger partial charge in [0, 0.05) is 34.8 Å². The number of methoxy groups -OCH3 is 1. The summed E-state index contributed by atoms with van der Waals surface area (Å²) in [5.74, 6) is 0.544. The van der Waals surface area contributed by atoms with E-state index in [2.05, 4.69) is 21.9 Å². The average molecular weight is 493 g/mol. The summed E-state index contributed by atoms with van der Waals surface area (Å²) in [6.45, 7) is 8.66. The highest BCUT2D eigenvalue weighted by molar-refractivity contribution is 5.95. The maximum Gasteiger partial charge on any atom is 0.251 e. The predicted molar refractivity (Wildman–Crippen MR) is 134 cm³/mol. The number of rotatable bonds is 12. The van der Waals surface area contributed by atoms with Crippen LogP contribution < -0.4 is 5.32 Å². The zero-order chi connectivity index (χ0) is 25.4. The minimum absolute atomic E-state index is 0.136. The molecule has 2 atom stereocenters. The Kier molecular flexibility index (Phi) is 9.80. The third-order valence-electron chi connectivity index (χ3n) is 6.14. The van der Waals surface area contributed by atoms with E-state index in [-0.39, 0.29) is 18.6 Å². The number of fused-ring (bicyclic) bond motifs is 3. The summed E-state index contributed by atoms with van der Waals surface area (Å²) in [5.41, 5.74) is 3.35. The van der Waals surface area contributed by atoms with Crippen molar-refractivity contribution < 1.29 is 22.6 Å². The number of nitrogens with one attached hydrogen (secondary N) is 2. The van der Waals surface area contributed by atoms with Crippen LogP contribution in [0.5, 0.6) is 0 Å². The van der Waals surface area contributed by atoms with E-state index in [0.717, 1.165) is 22.2 Å². The van der Waals surface area contributed by atoms with Crippen molar-refractivity contribution in [2.24, 2.45) is 4.99 Å². The lowest BCUT2D eigenvalue weighted by Crippen LogP contribution is -2.46. The quantitative estimate of drug-likeness (QED) is 0.186. The molecule has 2 N–H and O–H groups in total. The Balaban J connectivity index is 1.89. The number of hydrogen-bond acceptors (Lipinski definition) is 5. The van der Waals surface area contributed by atoms with Gasteiger partial charge in [-0.05, 0) is 50.9 Å². The number of allylic oxidation sites excluding steroid dienone is 1. The number of halogens is 3. The Morgan fingerprint density at radius 3 is 2.80 bits per heavy atom. The molecule has 1 aromatic carbocycles. The van der Waals surface area contributed by atoms with Gasteiger partial charge in [-0.3, -0.25) is 9.29 Å².